The first-order chi connectivity index (χ1) is 11.8. The van der Waals surface area contributed by atoms with Crippen LogP contribution >= 0.6 is 23.2 Å². The van der Waals surface area contributed by atoms with E-state index in [1.807, 2.05) is 0 Å². The number of nitrogens with one attached hydrogen (secondary N) is 1. The molecule has 9 nitrogen and oxygen atoms in total. The summed E-state index contributed by atoms with van der Waals surface area (Å²) < 4.78 is 0. The Morgan fingerprint density at radius 2 is 1.72 bits per heavy atom. The van der Waals surface area contributed by atoms with Crippen LogP contribution in [0.4, 0.5) is 11.4 Å². The van der Waals surface area contributed by atoms with Crippen molar-refractivity contribution >= 4 is 46.7 Å². The summed E-state index contributed by atoms with van der Waals surface area (Å²) in [5.41, 5.74) is 1.73. The molecule has 0 radical (unpaired) electrons. The van der Waals surface area contributed by atoms with Gasteiger partial charge in [0.1, 0.15) is 5.02 Å². The summed E-state index contributed by atoms with van der Waals surface area (Å²) in [5.74, 6) is -0.724. The van der Waals surface area contributed by atoms with Gasteiger partial charge in [-0.05, 0) is 18.2 Å². The molecule has 25 heavy (non-hydrogen) atoms. The molecule has 0 unspecified atom stereocenters. The average Bonchev–Trinajstić information content (AvgIpc) is 2.56. The van der Waals surface area contributed by atoms with E-state index < -0.39 is 21.4 Å². The molecule has 0 bridgehead atoms. The van der Waals surface area contributed by atoms with Gasteiger partial charge in [-0.15, -0.1) is 0 Å². The van der Waals surface area contributed by atoms with Crippen molar-refractivity contribution in [3.63, 3.8) is 0 Å². The first kappa shape index (κ1) is 18.3. The Hall–Kier alpha value is -3.04. The van der Waals surface area contributed by atoms with Crippen molar-refractivity contribution in [1.29, 1.82) is 0 Å². The second kappa shape index (κ2) is 7.69. The summed E-state index contributed by atoms with van der Waals surface area (Å²) in [5, 5.41) is 25.3. The second-order valence-corrected chi connectivity index (χ2v) is 5.40. The van der Waals surface area contributed by atoms with E-state index in [0.29, 0.717) is 0 Å². The van der Waals surface area contributed by atoms with Gasteiger partial charge in [-0.1, -0.05) is 23.2 Å². The van der Waals surface area contributed by atoms with Crippen LogP contribution in [0.2, 0.25) is 10.0 Å². The SMILES string of the molecule is O=C(NN=Cc1cc([N+](=O)[O-])ccc1Cl)c1ccc(Cl)c([N+](=O)[O-])c1. The number of benzene rings is 2. The molecule has 2 aromatic carbocycles. The molecule has 2 rings (SSSR count). The first-order valence-corrected chi connectivity index (χ1v) is 7.26. The van der Waals surface area contributed by atoms with Crippen LogP contribution in [0.25, 0.3) is 0 Å². The molecule has 1 amide bonds. The van der Waals surface area contributed by atoms with Crippen LogP contribution in [0.1, 0.15) is 15.9 Å². The number of nitro benzene ring substituents is 2. The Morgan fingerprint density at radius 1 is 1.04 bits per heavy atom. The number of non-ortho nitro benzene ring substituents is 1. The van der Waals surface area contributed by atoms with Crippen LogP contribution in [0.15, 0.2) is 41.5 Å². The van der Waals surface area contributed by atoms with Crippen molar-refractivity contribution in [2.75, 3.05) is 0 Å². The smallest absolute Gasteiger partial charge is 0.267 e. The van der Waals surface area contributed by atoms with Crippen molar-refractivity contribution in [2.45, 2.75) is 0 Å². The third-order valence-electron chi connectivity index (χ3n) is 2.97. The highest BCUT2D eigenvalue weighted by atomic mass is 35.5. The van der Waals surface area contributed by atoms with Gasteiger partial charge in [0.05, 0.1) is 16.1 Å². The van der Waals surface area contributed by atoms with Crippen LogP contribution in [-0.4, -0.2) is 22.0 Å². The van der Waals surface area contributed by atoms with Gasteiger partial charge >= 0.3 is 0 Å². The van der Waals surface area contributed by atoms with Crippen LogP contribution < -0.4 is 5.43 Å². The topological polar surface area (TPSA) is 128 Å². The molecule has 0 aliphatic carbocycles. The minimum absolute atomic E-state index is 0.0293. The van der Waals surface area contributed by atoms with E-state index in [2.05, 4.69) is 10.5 Å². The lowest BCUT2D eigenvalue weighted by Crippen LogP contribution is -2.17. The maximum Gasteiger partial charge on any atom is 0.288 e. The monoisotopic (exact) mass is 382 g/mol. The highest BCUT2D eigenvalue weighted by Gasteiger charge is 2.16. The molecule has 1 N–H and O–H groups in total. The van der Waals surface area contributed by atoms with Crippen LogP contribution in [0.3, 0.4) is 0 Å². The number of hydrogen-bond donors (Lipinski definition) is 1. The molecule has 11 heteroatoms. The fourth-order valence-electron chi connectivity index (χ4n) is 1.76. The van der Waals surface area contributed by atoms with Gasteiger partial charge in [-0.3, -0.25) is 25.0 Å². The Labute approximate surface area is 150 Å². The molecule has 2 aromatic rings. The zero-order chi connectivity index (χ0) is 18.6. The number of hydrazone groups is 1. The zero-order valence-corrected chi connectivity index (χ0v) is 13.7. The minimum Gasteiger partial charge on any atom is -0.267 e. The number of rotatable bonds is 5. The molecule has 0 spiro atoms. The molecule has 128 valence electrons. The lowest BCUT2D eigenvalue weighted by molar-refractivity contribution is -0.385. The maximum absolute atomic E-state index is 11.9. The summed E-state index contributed by atoms with van der Waals surface area (Å²) >= 11 is 11.6. The van der Waals surface area contributed by atoms with E-state index >= 15 is 0 Å². The van der Waals surface area contributed by atoms with E-state index in [4.69, 9.17) is 23.2 Å². The predicted octanol–water partition coefficient (Wildman–Crippen LogP) is 3.57. The largest absolute Gasteiger partial charge is 0.288 e. The predicted molar refractivity (Wildman–Crippen MR) is 91.3 cm³/mol. The lowest BCUT2D eigenvalue weighted by Gasteiger charge is -2.02. The van der Waals surface area contributed by atoms with E-state index in [1.165, 1.54) is 30.3 Å². The molecule has 0 aliphatic heterocycles. The van der Waals surface area contributed by atoms with Gasteiger partial charge in [-0.2, -0.15) is 5.10 Å². The van der Waals surface area contributed by atoms with Gasteiger partial charge in [0, 0.05) is 34.3 Å². The van der Waals surface area contributed by atoms with Gasteiger partial charge < -0.3 is 0 Å². The summed E-state index contributed by atoms with van der Waals surface area (Å²) in [6.07, 6.45) is 1.12. The molecule has 0 atom stereocenters. The van der Waals surface area contributed by atoms with Crippen LogP contribution in [0, 0.1) is 20.2 Å². The third kappa shape index (κ3) is 4.49. The fraction of sp³-hybridized carbons (Fsp3) is 0. The number of amides is 1. The quantitative estimate of drug-likeness (QED) is 0.480. The molecular weight excluding hydrogens is 375 g/mol. The van der Waals surface area contributed by atoms with Crippen molar-refractivity contribution in [2.24, 2.45) is 5.10 Å². The van der Waals surface area contributed by atoms with Crippen LogP contribution in [-0.2, 0) is 0 Å². The molecule has 0 aromatic heterocycles. The summed E-state index contributed by atoms with van der Waals surface area (Å²) in [6.45, 7) is 0. The van der Waals surface area contributed by atoms with Gasteiger partial charge in [0.2, 0.25) is 0 Å². The van der Waals surface area contributed by atoms with Gasteiger partial charge in [0.25, 0.3) is 17.3 Å². The number of carbonyl (C=O) groups is 1. The molecular formula is C14H8Cl2N4O5. The number of carbonyl (C=O) groups excluding carboxylic acids is 1. The van der Waals surface area contributed by atoms with Crippen molar-refractivity contribution < 1.29 is 14.6 Å². The van der Waals surface area contributed by atoms with Crippen molar-refractivity contribution in [1.82, 2.24) is 5.43 Å². The number of hydrogen-bond acceptors (Lipinski definition) is 6. The minimum atomic E-state index is -0.724. The van der Waals surface area contributed by atoms with E-state index in [-0.39, 0.29) is 26.9 Å². The normalized spacial score (nSPS) is 10.6. The Morgan fingerprint density at radius 3 is 2.36 bits per heavy atom. The molecule has 0 heterocycles. The highest BCUT2D eigenvalue weighted by Crippen LogP contribution is 2.25. The molecule has 0 fully saturated rings. The molecule has 0 aliphatic rings. The zero-order valence-electron chi connectivity index (χ0n) is 12.2. The Kier molecular flexibility index (Phi) is 5.63. The molecule has 0 saturated carbocycles. The Balaban J connectivity index is 2.16. The number of nitrogens with zero attached hydrogens (tertiary/aromatic N) is 3. The lowest BCUT2D eigenvalue weighted by atomic mass is 10.2. The standard InChI is InChI=1S/C14H8Cl2N4O5/c15-11-4-2-10(19(22)23)5-9(11)7-17-18-14(21)8-1-3-12(16)13(6-8)20(24)25/h1-7H,(H,18,21). The van der Waals surface area contributed by atoms with Crippen molar-refractivity contribution in [3.05, 3.63) is 77.8 Å². The third-order valence-corrected chi connectivity index (χ3v) is 3.63. The summed E-state index contributed by atoms with van der Waals surface area (Å²) in [7, 11) is 0. The van der Waals surface area contributed by atoms with E-state index in [1.54, 1.807) is 0 Å². The van der Waals surface area contributed by atoms with Crippen molar-refractivity contribution in [3.8, 4) is 0 Å². The van der Waals surface area contributed by atoms with Gasteiger partial charge in [-0.25, -0.2) is 5.43 Å². The number of halogens is 2. The summed E-state index contributed by atoms with van der Waals surface area (Å²) in [4.78, 5) is 32.2. The molecule has 0 saturated heterocycles. The highest BCUT2D eigenvalue weighted by molar-refractivity contribution is 6.33. The summed E-state index contributed by atoms with van der Waals surface area (Å²) in [6, 6.07) is 7.26. The average molecular weight is 383 g/mol. The van der Waals surface area contributed by atoms with E-state index in [0.717, 1.165) is 12.3 Å². The maximum atomic E-state index is 11.9. The Bertz CT molecular complexity index is 901. The van der Waals surface area contributed by atoms with Gasteiger partial charge in [0.15, 0.2) is 0 Å². The van der Waals surface area contributed by atoms with Crippen LogP contribution in [0.5, 0.6) is 0 Å². The first-order valence-electron chi connectivity index (χ1n) is 6.51. The van der Waals surface area contributed by atoms with E-state index in [9.17, 15) is 25.0 Å². The second-order valence-electron chi connectivity index (χ2n) is 4.59. The number of nitro groups is 2. The fourth-order valence-corrected chi connectivity index (χ4v) is 2.12.